The van der Waals surface area contributed by atoms with Gasteiger partial charge in [0.25, 0.3) is 0 Å². The predicted molar refractivity (Wildman–Crippen MR) is 78.1 cm³/mol. The number of nitrogens with one attached hydrogen (secondary N) is 1. The van der Waals surface area contributed by atoms with E-state index in [1.807, 2.05) is 12.1 Å². The van der Waals surface area contributed by atoms with Crippen molar-refractivity contribution in [3.8, 4) is 0 Å². The van der Waals surface area contributed by atoms with Gasteiger partial charge in [-0.1, -0.05) is 47.1 Å². The Hall–Kier alpha value is -0.830. The molecule has 0 saturated heterocycles. The first-order valence-corrected chi connectivity index (χ1v) is 7.67. The molecule has 0 aromatic heterocycles. The summed E-state index contributed by atoms with van der Waals surface area (Å²) in [7, 11) is 0. The average molecular weight is 310 g/mol. The Labute approximate surface area is 117 Å². The van der Waals surface area contributed by atoms with E-state index in [4.69, 9.17) is 0 Å². The normalized spacial score (nSPS) is 20.5. The smallest absolute Gasteiger partial charge is 0.228 e. The predicted octanol–water partition coefficient (Wildman–Crippen LogP) is 3.40. The van der Waals surface area contributed by atoms with Crippen LogP contribution in [-0.2, 0) is 11.2 Å². The number of benzene rings is 1. The van der Waals surface area contributed by atoms with Crippen LogP contribution in [0.15, 0.2) is 24.3 Å². The summed E-state index contributed by atoms with van der Waals surface area (Å²) in [6.45, 7) is 4.24. The van der Waals surface area contributed by atoms with Crippen LogP contribution in [0.2, 0.25) is 0 Å². The summed E-state index contributed by atoms with van der Waals surface area (Å²) < 4.78 is 0. The van der Waals surface area contributed by atoms with Crippen molar-refractivity contribution < 1.29 is 4.79 Å². The van der Waals surface area contributed by atoms with Gasteiger partial charge in [0, 0.05) is 10.9 Å². The molecule has 1 aliphatic carbocycles. The van der Waals surface area contributed by atoms with E-state index in [0.29, 0.717) is 0 Å². The van der Waals surface area contributed by atoms with Crippen LogP contribution in [0.5, 0.6) is 0 Å². The van der Waals surface area contributed by atoms with Crippen molar-refractivity contribution in [3.63, 3.8) is 0 Å². The Balaban J connectivity index is 2.02. The van der Waals surface area contributed by atoms with E-state index in [9.17, 15) is 4.79 Å². The first-order valence-electron chi connectivity index (χ1n) is 6.55. The summed E-state index contributed by atoms with van der Waals surface area (Å²) in [6.07, 6.45) is 2.80. The summed E-state index contributed by atoms with van der Waals surface area (Å²) in [5.41, 5.74) is 2.43. The van der Waals surface area contributed by atoms with E-state index in [0.717, 1.165) is 24.6 Å². The second-order valence-corrected chi connectivity index (χ2v) is 6.09. The molecular formula is C15H20BrNO. The topological polar surface area (TPSA) is 29.1 Å². The van der Waals surface area contributed by atoms with Gasteiger partial charge in [0.05, 0.1) is 5.92 Å². The van der Waals surface area contributed by atoms with Crippen LogP contribution < -0.4 is 5.32 Å². The van der Waals surface area contributed by atoms with Crippen molar-refractivity contribution in [2.75, 3.05) is 5.33 Å². The molecule has 0 bridgehead atoms. The van der Waals surface area contributed by atoms with Gasteiger partial charge < -0.3 is 5.32 Å². The average Bonchev–Trinajstić information content (AvgIpc) is 2.31. The van der Waals surface area contributed by atoms with Gasteiger partial charge in [0.1, 0.15) is 0 Å². The number of amides is 1. The lowest BCUT2D eigenvalue weighted by atomic mass is 9.76. The number of hydrogen-bond donors (Lipinski definition) is 1. The second kappa shape index (κ2) is 5.43. The fraction of sp³-hybridized carbons (Fsp3) is 0.533. The minimum absolute atomic E-state index is 0.0578. The van der Waals surface area contributed by atoms with Gasteiger partial charge in [-0.05, 0) is 37.3 Å². The molecule has 98 valence electrons. The highest BCUT2D eigenvalue weighted by Gasteiger charge is 2.34. The van der Waals surface area contributed by atoms with Gasteiger partial charge in [-0.15, -0.1) is 0 Å². The van der Waals surface area contributed by atoms with Crippen LogP contribution >= 0.6 is 15.9 Å². The highest BCUT2D eigenvalue weighted by molar-refractivity contribution is 9.09. The fourth-order valence-electron chi connectivity index (χ4n) is 2.41. The van der Waals surface area contributed by atoms with E-state index in [1.165, 1.54) is 11.1 Å². The number of fused-ring (bicyclic) bond motifs is 1. The number of carbonyl (C=O) groups is 1. The molecule has 2 unspecified atom stereocenters. The maximum Gasteiger partial charge on any atom is 0.228 e. The zero-order valence-corrected chi connectivity index (χ0v) is 12.6. The maximum atomic E-state index is 12.3. The Bertz CT molecular complexity index is 446. The SMILES string of the molecule is CCC(C)(CCBr)NC(=O)C1Cc2ccccc21. The van der Waals surface area contributed by atoms with Crippen LogP contribution in [0.4, 0.5) is 0 Å². The largest absolute Gasteiger partial charge is 0.350 e. The fourth-order valence-corrected chi connectivity index (χ4v) is 3.29. The minimum Gasteiger partial charge on any atom is -0.350 e. The number of carbonyl (C=O) groups excluding carboxylic acids is 1. The van der Waals surface area contributed by atoms with E-state index in [1.54, 1.807) is 0 Å². The third-order valence-corrected chi connectivity index (χ3v) is 4.42. The molecule has 3 heteroatoms. The van der Waals surface area contributed by atoms with Gasteiger partial charge >= 0.3 is 0 Å². The third-order valence-electron chi connectivity index (χ3n) is 4.02. The van der Waals surface area contributed by atoms with E-state index in [-0.39, 0.29) is 17.4 Å². The Morgan fingerprint density at radius 1 is 1.50 bits per heavy atom. The van der Waals surface area contributed by atoms with Crippen LogP contribution in [0.1, 0.15) is 43.7 Å². The van der Waals surface area contributed by atoms with Gasteiger partial charge in [-0.3, -0.25) is 4.79 Å². The maximum absolute atomic E-state index is 12.3. The molecule has 1 aliphatic rings. The highest BCUT2D eigenvalue weighted by atomic mass is 79.9. The van der Waals surface area contributed by atoms with Crippen LogP contribution in [0, 0.1) is 0 Å². The summed E-state index contributed by atoms with van der Waals surface area (Å²) in [6, 6.07) is 8.22. The van der Waals surface area contributed by atoms with Crippen molar-refractivity contribution in [1.29, 1.82) is 0 Å². The lowest BCUT2D eigenvalue weighted by Gasteiger charge is -2.35. The molecule has 1 aromatic rings. The molecule has 0 fully saturated rings. The van der Waals surface area contributed by atoms with Gasteiger partial charge in [0.2, 0.25) is 5.91 Å². The van der Waals surface area contributed by atoms with Crippen molar-refractivity contribution >= 4 is 21.8 Å². The molecule has 1 N–H and O–H groups in total. The van der Waals surface area contributed by atoms with Crippen LogP contribution in [0.3, 0.4) is 0 Å². The quantitative estimate of drug-likeness (QED) is 0.830. The van der Waals surface area contributed by atoms with Crippen LogP contribution in [-0.4, -0.2) is 16.8 Å². The van der Waals surface area contributed by atoms with E-state index in [2.05, 4.69) is 47.2 Å². The molecule has 2 atom stereocenters. The molecule has 0 saturated carbocycles. The zero-order valence-electron chi connectivity index (χ0n) is 11.0. The second-order valence-electron chi connectivity index (χ2n) is 5.30. The summed E-state index contributed by atoms with van der Waals surface area (Å²) >= 11 is 3.46. The Morgan fingerprint density at radius 2 is 2.22 bits per heavy atom. The van der Waals surface area contributed by atoms with Gasteiger partial charge in [-0.2, -0.15) is 0 Å². The molecule has 0 spiro atoms. The summed E-state index contributed by atoms with van der Waals surface area (Å²) in [5.74, 6) is 0.237. The van der Waals surface area contributed by atoms with E-state index < -0.39 is 0 Å². The minimum atomic E-state index is -0.0921. The van der Waals surface area contributed by atoms with Crippen molar-refractivity contribution in [1.82, 2.24) is 5.32 Å². The molecular weight excluding hydrogens is 290 g/mol. The lowest BCUT2D eigenvalue weighted by Crippen LogP contribution is -2.49. The molecule has 0 aliphatic heterocycles. The first kappa shape index (κ1) is 13.6. The Morgan fingerprint density at radius 3 is 2.83 bits per heavy atom. The number of hydrogen-bond acceptors (Lipinski definition) is 1. The number of alkyl halides is 1. The summed E-state index contributed by atoms with van der Waals surface area (Å²) in [4.78, 5) is 12.3. The number of halogens is 1. The zero-order chi connectivity index (χ0) is 13.2. The Kier molecular flexibility index (Phi) is 4.10. The first-order chi connectivity index (χ1) is 8.59. The van der Waals surface area contributed by atoms with Crippen molar-refractivity contribution in [3.05, 3.63) is 35.4 Å². The highest BCUT2D eigenvalue weighted by Crippen LogP contribution is 2.35. The van der Waals surface area contributed by atoms with Crippen LogP contribution in [0.25, 0.3) is 0 Å². The summed E-state index contributed by atoms with van der Waals surface area (Å²) in [5, 5.41) is 4.13. The molecule has 1 amide bonds. The molecule has 0 radical (unpaired) electrons. The van der Waals surface area contributed by atoms with Crippen molar-refractivity contribution in [2.24, 2.45) is 0 Å². The third kappa shape index (κ3) is 2.61. The lowest BCUT2D eigenvalue weighted by molar-refractivity contribution is -0.125. The number of rotatable bonds is 5. The molecule has 2 nitrogen and oxygen atoms in total. The monoisotopic (exact) mass is 309 g/mol. The molecule has 1 aromatic carbocycles. The van der Waals surface area contributed by atoms with Crippen molar-refractivity contribution in [2.45, 2.75) is 44.6 Å². The molecule has 18 heavy (non-hydrogen) atoms. The van der Waals surface area contributed by atoms with Gasteiger partial charge in [0.15, 0.2) is 0 Å². The molecule has 0 heterocycles. The van der Waals surface area contributed by atoms with Gasteiger partial charge in [-0.25, -0.2) is 0 Å². The molecule has 2 rings (SSSR count). The van der Waals surface area contributed by atoms with E-state index >= 15 is 0 Å². The standard InChI is InChI=1S/C15H20BrNO/c1-3-15(2,8-9-16)17-14(18)13-10-11-6-4-5-7-12(11)13/h4-7,13H,3,8-10H2,1-2H3,(H,17,18).